The number of hydrogen-bond acceptors (Lipinski definition) is 4. The van der Waals surface area contributed by atoms with Crippen LogP contribution in [0.3, 0.4) is 0 Å². The summed E-state index contributed by atoms with van der Waals surface area (Å²) >= 11 is 6.15. The third kappa shape index (κ3) is 4.37. The molecule has 2 fully saturated rings. The number of nitrogens with one attached hydrogen (secondary N) is 1. The summed E-state index contributed by atoms with van der Waals surface area (Å²) in [5, 5.41) is 4.24. The lowest BCUT2D eigenvalue weighted by molar-refractivity contribution is -0.141. The highest BCUT2D eigenvalue weighted by Crippen LogP contribution is 2.51. The first kappa shape index (κ1) is 24.0. The fraction of sp³-hybridized carbons (Fsp3) is 0.462. The Bertz CT molecular complexity index is 1210. The first-order chi connectivity index (χ1) is 16.6. The number of alkyl halides is 3. The zero-order valence-corrected chi connectivity index (χ0v) is 20.2. The number of carbonyl (C=O) groups excluding carboxylic acids is 1. The van der Waals surface area contributed by atoms with Crippen LogP contribution < -0.4 is 10.2 Å². The Morgan fingerprint density at radius 2 is 1.97 bits per heavy atom. The van der Waals surface area contributed by atoms with Gasteiger partial charge in [0.1, 0.15) is 18.1 Å². The van der Waals surface area contributed by atoms with Crippen molar-refractivity contribution in [1.29, 1.82) is 0 Å². The molecule has 1 aromatic carbocycles. The summed E-state index contributed by atoms with van der Waals surface area (Å²) in [7, 11) is 1.82. The standard InChI is InChI=1S/C26H27ClF3N3O2/c1-3-22-15-12-25(13-15,14-35-22)24(34)31-17-5-7-18(8-6-17)33(2)21-11-23(26(28,29)30)32-20-9-4-16(27)10-19(20)21/h3-4,9-11,17-18H,1,5-8,12-14H2,2H3,(H,31,34). The summed E-state index contributed by atoms with van der Waals surface area (Å²) in [6, 6.07) is 5.91. The van der Waals surface area contributed by atoms with Gasteiger partial charge in [-0.2, -0.15) is 13.2 Å². The van der Waals surface area contributed by atoms with E-state index in [0.29, 0.717) is 22.7 Å². The van der Waals surface area contributed by atoms with Gasteiger partial charge in [0.05, 0.1) is 10.9 Å². The molecule has 2 aliphatic heterocycles. The van der Waals surface area contributed by atoms with E-state index in [1.807, 2.05) is 11.9 Å². The monoisotopic (exact) mass is 505 g/mol. The summed E-state index contributed by atoms with van der Waals surface area (Å²) in [5.41, 5.74) is 0.475. The first-order valence-corrected chi connectivity index (χ1v) is 12.2. The number of pyridine rings is 1. The van der Waals surface area contributed by atoms with Gasteiger partial charge in [-0.3, -0.25) is 4.79 Å². The van der Waals surface area contributed by atoms with Crippen LogP contribution in [0.4, 0.5) is 18.9 Å². The summed E-state index contributed by atoms with van der Waals surface area (Å²) in [4.78, 5) is 18.7. The lowest BCUT2D eigenvalue weighted by atomic mass is 9.63. The Morgan fingerprint density at radius 3 is 2.57 bits per heavy atom. The van der Waals surface area contributed by atoms with Crippen LogP contribution in [0.5, 0.6) is 0 Å². The minimum Gasteiger partial charge on any atom is -0.493 e. The van der Waals surface area contributed by atoms with Gasteiger partial charge in [-0.1, -0.05) is 18.2 Å². The van der Waals surface area contributed by atoms with E-state index in [4.69, 9.17) is 16.3 Å². The molecule has 1 aromatic heterocycles. The molecule has 5 nitrogen and oxygen atoms in total. The molecule has 0 saturated heterocycles. The highest BCUT2D eigenvalue weighted by Gasteiger charge is 2.52. The molecule has 0 spiro atoms. The molecule has 2 aliphatic carbocycles. The smallest absolute Gasteiger partial charge is 0.433 e. The molecule has 35 heavy (non-hydrogen) atoms. The van der Waals surface area contributed by atoms with Crippen molar-refractivity contribution in [2.45, 2.75) is 56.8 Å². The Kier molecular flexibility index (Phi) is 5.98. The van der Waals surface area contributed by atoms with E-state index in [1.165, 1.54) is 6.07 Å². The topological polar surface area (TPSA) is 54.5 Å². The van der Waals surface area contributed by atoms with Crippen LogP contribution in [-0.4, -0.2) is 36.6 Å². The molecule has 3 heterocycles. The van der Waals surface area contributed by atoms with Crippen molar-refractivity contribution in [3.63, 3.8) is 0 Å². The van der Waals surface area contributed by atoms with Gasteiger partial charge in [0, 0.05) is 35.2 Å². The molecule has 1 amide bonds. The number of halogens is 4. The minimum atomic E-state index is -4.55. The van der Waals surface area contributed by atoms with E-state index in [0.717, 1.165) is 55.9 Å². The predicted octanol–water partition coefficient (Wildman–Crippen LogP) is 6.02. The van der Waals surface area contributed by atoms with E-state index in [9.17, 15) is 18.0 Å². The van der Waals surface area contributed by atoms with Gasteiger partial charge in [-0.25, -0.2) is 4.98 Å². The number of nitrogens with zero attached hydrogens (tertiary/aromatic N) is 2. The Labute approximate surface area is 207 Å². The summed E-state index contributed by atoms with van der Waals surface area (Å²) in [6.07, 6.45) is 1.62. The molecule has 1 N–H and O–H groups in total. The van der Waals surface area contributed by atoms with Gasteiger partial charge in [0.15, 0.2) is 0 Å². The molecule has 2 saturated carbocycles. The number of carbonyl (C=O) groups is 1. The second kappa shape index (κ2) is 8.73. The number of amides is 1. The molecular weight excluding hydrogens is 479 g/mol. The first-order valence-electron chi connectivity index (χ1n) is 11.8. The van der Waals surface area contributed by atoms with Crippen LogP contribution in [0.2, 0.25) is 5.02 Å². The molecule has 9 heteroatoms. The highest BCUT2D eigenvalue weighted by atomic mass is 35.5. The minimum absolute atomic E-state index is 0.0331. The van der Waals surface area contributed by atoms with E-state index in [1.54, 1.807) is 18.2 Å². The van der Waals surface area contributed by atoms with E-state index >= 15 is 0 Å². The van der Waals surface area contributed by atoms with Crippen LogP contribution in [0, 0.1) is 5.41 Å². The van der Waals surface area contributed by atoms with Crippen molar-refractivity contribution in [3.8, 4) is 0 Å². The summed E-state index contributed by atoms with van der Waals surface area (Å²) in [5.74, 6) is 0.840. The van der Waals surface area contributed by atoms with Gasteiger partial charge in [-0.05, 0) is 74.4 Å². The van der Waals surface area contributed by atoms with Crippen LogP contribution in [0.1, 0.15) is 44.2 Å². The normalized spacial score (nSPS) is 23.3. The van der Waals surface area contributed by atoms with Crippen molar-refractivity contribution in [2.75, 3.05) is 18.6 Å². The molecule has 2 bridgehead atoms. The second-order valence-electron chi connectivity index (χ2n) is 9.87. The Morgan fingerprint density at radius 1 is 1.26 bits per heavy atom. The van der Waals surface area contributed by atoms with Crippen LogP contribution in [-0.2, 0) is 15.7 Å². The lowest BCUT2D eigenvalue weighted by Gasteiger charge is -2.47. The number of ether oxygens (including phenoxy) is 1. The van der Waals surface area contributed by atoms with Crippen molar-refractivity contribution in [3.05, 3.63) is 59.0 Å². The van der Waals surface area contributed by atoms with E-state index in [2.05, 4.69) is 16.9 Å². The van der Waals surface area contributed by atoms with Crippen LogP contribution in [0.15, 0.2) is 48.3 Å². The van der Waals surface area contributed by atoms with Crippen LogP contribution >= 0.6 is 11.6 Å². The van der Waals surface area contributed by atoms with Crippen molar-refractivity contribution in [1.82, 2.24) is 10.3 Å². The molecule has 6 rings (SSSR count). The highest BCUT2D eigenvalue weighted by molar-refractivity contribution is 6.31. The van der Waals surface area contributed by atoms with Gasteiger partial charge in [0.25, 0.3) is 0 Å². The molecule has 0 radical (unpaired) electrons. The summed E-state index contributed by atoms with van der Waals surface area (Å²) < 4.78 is 46.2. The van der Waals surface area contributed by atoms with Crippen LogP contribution in [0.25, 0.3) is 10.9 Å². The average molecular weight is 506 g/mol. The zero-order chi connectivity index (χ0) is 25.0. The van der Waals surface area contributed by atoms with E-state index in [-0.39, 0.29) is 23.5 Å². The Hall–Kier alpha value is -2.74. The SMILES string of the molecule is C=CC1=C2CC(C(=O)NC3CCC(N(C)c4cc(C(F)(F)F)nc5ccc(Cl)cc45)CC3)(CO1)C2. The molecule has 4 aliphatic rings. The zero-order valence-electron chi connectivity index (χ0n) is 19.4. The maximum absolute atomic E-state index is 13.5. The molecule has 0 atom stereocenters. The van der Waals surface area contributed by atoms with Crippen molar-refractivity contribution in [2.24, 2.45) is 5.41 Å². The second-order valence-corrected chi connectivity index (χ2v) is 10.3. The van der Waals surface area contributed by atoms with E-state index < -0.39 is 17.3 Å². The average Bonchev–Trinajstić information content (AvgIpc) is 2.82. The summed E-state index contributed by atoms with van der Waals surface area (Å²) in [6.45, 7) is 4.12. The van der Waals surface area contributed by atoms with Crippen molar-refractivity contribution < 1.29 is 22.7 Å². The predicted molar refractivity (Wildman–Crippen MR) is 129 cm³/mol. The number of aromatic nitrogens is 1. The van der Waals surface area contributed by atoms with Gasteiger partial charge in [0.2, 0.25) is 5.91 Å². The fourth-order valence-corrected chi connectivity index (χ4v) is 5.72. The maximum Gasteiger partial charge on any atom is 0.433 e. The number of fused-ring (bicyclic) bond motifs is 3. The van der Waals surface area contributed by atoms with Crippen molar-refractivity contribution >= 4 is 34.1 Å². The number of anilines is 1. The maximum atomic E-state index is 13.5. The molecule has 2 aromatic rings. The third-order valence-corrected chi connectivity index (χ3v) is 7.86. The number of benzene rings is 1. The lowest BCUT2D eigenvalue weighted by Crippen LogP contribution is -2.55. The van der Waals surface area contributed by atoms with Gasteiger partial charge >= 0.3 is 6.18 Å². The largest absolute Gasteiger partial charge is 0.493 e. The molecular formula is C26H27ClF3N3O2. The fourth-order valence-electron chi connectivity index (χ4n) is 5.55. The number of rotatable bonds is 5. The Balaban J connectivity index is 1.27. The molecule has 0 unspecified atom stereocenters. The van der Waals surface area contributed by atoms with Gasteiger partial charge in [-0.15, -0.1) is 0 Å². The van der Waals surface area contributed by atoms with Gasteiger partial charge < -0.3 is 15.0 Å². The third-order valence-electron chi connectivity index (χ3n) is 7.62. The number of hydrogen-bond donors (Lipinski definition) is 1. The number of allylic oxidation sites excluding steroid dienone is 2. The molecule has 186 valence electrons. The quantitative estimate of drug-likeness (QED) is 0.540.